The molecule has 104 valence electrons. The molecule has 1 aliphatic heterocycles. The highest BCUT2D eigenvalue weighted by Crippen LogP contribution is 2.21. The monoisotopic (exact) mass is 256 g/mol. The van der Waals surface area contributed by atoms with E-state index in [4.69, 9.17) is 9.47 Å². The summed E-state index contributed by atoms with van der Waals surface area (Å²) in [4.78, 5) is 11.7. The lowest BCUT2D eigenvalue weighted by Crippen LogP contribution is -2.47. The molecule has 0 aromatic carbocycles. The summed E-state index contributed by atoms with van der Waals surface area (Å²) in [6, 6.07) is 0.530. The van der Waals surface area contributed by atoms with Crippen molar-refractivity contribution in [2.24, 2.45) is 0 Å². The van der Waals surface area contributed by atoms with Gasteiger partial charge >= 0.3 is 0 Å². The van der Waals surface area contributed by atoms with Crippen LogP contribution >= 0.6 is 0 Å². The number of methoxy groups -OCH3 is 1. The van der Waals surface area contributed by atoms with E-state index in [2.05, 4.69) is 10.6 Å². The zero-order valence-electron chi connectivity index (χ0n) is 11.2. The maximum atomic E-state index is 11.7. The van der Waals surface area contributed by atoms with E-state index in [0.29, 0.717) is 32.3 Å². The van der Waals surface area contributed by atoms with Gasteiger partial charge in [0.25, 0.3) is 0 Å². The van der Waals surface area contributed by atoms with E-state index in [9.17, 15) is 4.79 Å². The summed E-state index contributed by atoms with van der Waals surface area (Å²) >= 11 is 0. The molecule has 1 saturated carbocycles. The van der Waals surface area contributed by atoms with Crippen molar-refractivity contribution in [1.82, 2.24) is 10.6 Å². The first-order valence-corrected chi connectivity index (χ1v) is 6.87. The van der Waals surface area contributed by atoms with E-state index >= 15 is 0 Å². The fourth-order valence-corrected chi connectivity index (χ4v) is 2.65. The van der Waals surface area contributed by atoms with E-state index in [-0.39, 0.29) is 11.5 Å². The largest absolute Gasteiger partial charge is 0.378 e. The SMILES string of the molecule is COC1(CNC(=O)CNC2CCCC2)CCOC1. The molecule has 2 rings (SSSR count). The van der Waals surface area contributed by atoms with Gasteiger partial charge in [0.2, 0.25) is 5.91 Å². The molecule has 1 saturated heterocycles. The Bertz CT molecular complexity index is 271. The third-order valence-corrected chi connectivity index (χ3v) is 4.01. The van der Waals surface area contributed by atoms with Crippen LogP contribution in [-0.2, 0) is 14.3 Å². The zero-order chi connectivity index (χ0) is 12.8. The molecule has 0 spiro atoms. The highest BCUT2D eigenvalue weighted by Gasteiger charge is 2.35. The lowest BCUT2D eigenvalue weighted by Gasteiger charge is -2.26. The Hall–Kier alpha value is -0.650. The first-order valence-electron chi connectivity index (χ1n) is 6.87. The van der Waals surface area contributed by atoms with Gasteiger partial charge in [0, 0.05) is 32.7 Å². The van der Waals surface area contributed by atoms with Gasteiger partial charge in [0.1, 0.15) is 5.60 Å². The average molecular weight is 256 g/mol. The molecule has 1 heterocycles. The molecule has 0 radical (unpaired) electrons. The van der Waals surface area contributed by atoms with Crippen LogP contribution in [0, 0.1) is 0 Å². The lowest BCUT2D eigenvalue weighted by molar-refractivity contribution is -0.122. The van der Waals surface area contributed by atoms with Crippen molar-refractivity contribution in [2.75, 3.05) is 33.4 Å². The molecule has 1 atom stereocenters. The number of hydrogen-bond acceptors (Lipinski definition) is 4. The van der Waals surface area contributed by atoms with Crippen molar-refractivity contribution in [2.45, 2.75) is 43.7 Å². The number of hydrogen-bond donors (Lipinski definition) is 2. The minimum atomic E-state index is -0.316. The van der Waals surface area contributed by atoms with Gasteiger partial charge in [-0.1, -0.05) is 12.8 Å². The zero-order valence-corrected chi connectivity index (χ0v) is 11.2. The van der Waals surface area contributed by atoms with Crippen molar-refractivity contribution in [3.8, 4) is 0 Å². The highest BCUT2D eigenvalue weighted by molar-refractivity contribution is 5.78. The molecule has 2 fully saturated rings. The smallest absolute Gasteiger partial charge is 0.234 e. The molecule has 1 amide bonds. The van der Waals surface area contributed by atoms with Crippen LogP contribution in [0.5, 0.6) is 0 Å². The molecule has 1 unspecified atom stereocenters. The fraction of sp³-hybridized carbons (Fsp3) is 0.923. The number of carbonyl (C=O) groups excluding carboxylic acids is 1. The summed E-state index contributed by atoms with van der Waals surface area (Å²) in [5.74, 6) is 0.0465. The van der Waals surface area contributed by atoms with Gasteiger partial charge in [-0.25, -0.2) is 0 Å². The van der Waals surface area contributed by atoms with Gasteiger partial charge < -0.3 is 20.1 Å². The number of nitrogens with one attached hydrogen (secondary N) is 2. The molecule has 2 aliphatic rings. The van der Waals surface area contributed by atoms with Crippen molar-refractivity contribution in [3.63, 3.8) is 0 Å². The van der Waals surface area contributed by atoms with Crippen molar-refractivity contribution >= 4 is 5.91 Å². The summed E-state index contributed by atoms with van der Waals surface area (Å²) in [6.07, 6.45) is 5.80. The molecular formula is C13H24N2O3. The van der Waals surface area contributed by atoms with E-state index in [1.807, 2.05) is 0 Å². The lowest BCUT2D eigenvalue weighted by atomic mass is 10.0. The molecule has 0 aromatic heterocycles. The minimum absolute atomic E-state index is 0.0465. The average Bonchev–Trinajstić information content (AvgIpc) is 3.06. The Morgan fingerprint density at radius 2 is 2.22 bits per heavy atom. The summed E-state index contributed by atoms with van der Waals surface area (Å²) in [5, 5.41) is 6.24. The van der Waals surface area contributed by atoms with Crippen LogP contribution in [0.25, 0.3) is 0 Å². The van der Waals surface area contributed by atoms with Gasteiger partial charge in [-0.3, -0.25) is 4.79 Å². The van der Waals surface area contributed by atoms with E-state index in [0.717, 1.165) is 6.42 Å². The van der Waals surface area contributed by atoms with Crippen LogP contribution in [0.1, 0.15) is 32.1 Å². The summed E-state index contributed by atoms with van der Waals surface area (Å²) in [7, 11) is 1.68. The normalized spacial score (nSPS) is 28.7. The maximum Gasteiger partial charge on any atom is 0.234 e. The molecule has 1 aliphatic carbocycles. The van der Waals surface area contributed by atoms with Gasteiger partial charge in [-0.15, -0.1) is 0 Å². The Kier molecular flexibility index (Phi) is 4.97. The molecule has 0 bridgehead atoms. The number of rotatable bonds is 6. The van der Waals surface area contributed by atoms with Gasteiger partial charge in [-0.2, -0.15) is 0 Å². The van der Waals surface area contributed by atoms with E-state index in [1.165, 1.54) is 25.7 Å². The van der Waals surface area contributed by atoms with Crippen molar-refractivity contribution in [1.29, 1.82) is 0 Å². The van der Waals surface area contributed by atoms with Crippen LogP contribution in [0.15, 0.2) is 0 Å². The Labute approximate surface area is 109 Å². The van der Waals surface area contributed by atoms with Crippen molar-refractivity contribution in [3.05, 3.63) is 0 Å². The quantitative estimate of drug-likeness (QED) is 0.724. The molecular weight excluding hydrogens is 232 g/mol. The second kappa shape index (κ2) is 6.50. The number of ether oxygens (including phenoxy) is 2. The summed E-state index contributed by atoms with van der Waals surface area (Å²) in [5.41, 5.74) is -0.316. The minimum Gasteiger partial charge on any atom is -0.378 e. The summed E-state index contributed by atoms with van der Waals surface area (Å²) in [6.45, 7) is 2.23. The molecule has 5 heteroatoms. The molecule has 0 aromatic rings. The van der Waals surface area contributed by atoms with Crippen LogP contribution in [0.4, 0.5) is 0 Å². The first-order chi connectivity index (χ1) is 8.74. The van der Waals surface area contributed by atoms with Gasteiger partial charge in [0.05, 0.1) is 13.2 Å². The second-order valence-corrected chi connectivity index (χ2v) is 5.33. The topological polar surface area (TPSA) is 59.6 Å². The van der Waals surface area contributed by atoms with Gasteiger partial charge in [-0.05, 0) is 12.8 Å². The Morgan fingerprint density at radius 3 is 2.83 bits per heavy atom. The molecule has 5 nitrogen and oxygen atoms in total. The summed E-state index contributed by atoms with van der Waals surface area (Å²) < 4.78 is 10.8. The Morgan fingerprint density at radius 1 is 1.44 bits per heavy atom. The van der Waals surface area contributed by atoms with Crippen LogP contribution in [0.2, 0.25) is 0 Å². The third-order valence-electron chi connectivity index (χ3n) is 4.01. The van der Waals surface area contributed by atoms with Crippen molar-refractivity contribution < 1.29 is 14.3 Å². The number of carbonyl (C=O) groups is 1. The first kappa shape index (κ1) is 13.8. The Balaban J connectivity index is 1.64. The number of amides is 1. The fourth-order valence-electron chi connectivity index (χ4n) is 2.65. The van der Waals surface area contributed by atoms with Gasteiger partial charge in [0.15, 0.2) is 0 Å². The van der Waals surface area contributed by atoms with E-state index < -0.39 is 0 Å². The third kappa shape index (κ3) is 3.67. The predicted molar refractivity (Wildman–Crippen MR) is 68.4 cm³/mol. The molecule has 18 heavy (non-hydrogen) atoms. The van der Waals surface area contributed by atoms with Crippen LogP contribution in [-0.4, -0.2) is 51.0 Å². The van der Waals surface area contributed by atoms with Crippen LogP contribution in [0.3, 0.4) is 0 Å². The van der Waals surface area contributed by atoms with Crippen LogP contribution < -0.4 is 10.6 Å². The standard InChI is InChI=1S/C13H24N2O3/c1-17-13(6-7-18-10-13)9-15-12(16)8-14-11-4-2-3-5-11/h11,14H,2-10H2,1H3,(H,15,16). The van der Waals surface area contributed by atoms with E-state index in [1.54, 1.807) is 7.11 Å². The molecule has 2 N–H and O–H groups in total. The highest BCUT2D eigenvalue weighted by atomic mass is 16.5. The predicted octanol–water partition coefficient (Wildman–Crippen LogP) is 0.440. The second-order valence-electron chi connectivity index (χ2n) is 5.33. The maximum absolute atomic E-state index is 11.7.